The molecule has 0 unspecified atom stereocenters. The Morgan fingerprint density at radius 2 is 2.04 bits per heavy atom. The summed E-state index contributed by atoms with van der Waals surface area (Å²) in [4.78, 5) is 32.4. The van der Waals surface area contributed by atoms with E-state index in [2.05, 4.69) is 9.97 Å². The number of carbonyl (C=O) groups is 1. The Balaban J connectivity index is 1.96. The van der Waals surface area contributed by atoms with Crippen LogP contribution in [-0.2, 0) is 4.74 Å². The number of aryl methyl sites for hydroxylation is 1. The summed E-state index contributed by atoms with van der Waals surface area (Å²) in [5, 5.41) is 0.408. The van der Waals surface area contributed by atoms with Gasteiger partial charge in [-0.2, -0.15) is 0 Å². The van der Waals surface area contributed by atoms with Crippen molar-refractivity contribution in [2.75, 3.05) is 20.8 Å². The van der Waals surface area contributed by atoms with Crippen LogP contribution < -0.4 is 15.0 Å². The van der Waals surface area contributed by atoms with Gasteiger partial charge in [-0.3, -0.25) is 4.79 Å². The smallest absolute Gasteiger partial charge is 0.348 e. The van der Waals surface area contributed by atoms with Crippen molar-refractivity contribution < 1.29 is 19.0 Å². The highest BCUT2D eigenvalue weighted by Gasteiger charge is 2.19. The SMILES string of the molecule is CCOc1ccc(/C=C/c2nc3sc(C(=O)OC)c(C)c3c(=O)[nH]2)cc1OC. The number of aromatic nitrogens is 2. The second-order valence-electron chi connectivity index (χ2n) is 5.86. The van der Waals surface area contributed by atoms with Crippen molar-refractivity contribution in [1.29, 1.82) is 0 Å². The van der Waals surface area contributed by atoms with E-state index in [0.717, 1.165) is 16.9 Å². The van der Waals surface area contributed by atoms with Crippen molar-refractivity contribution >= 4 is 39.7 Å². The molecule has 0 saturated carbocycles. The number of hydrogen-bond donors (Lipinski definition) is 1. The lowest BCUT2D eigenvalue weighted by Gasteiger charge is -2.09. The molecular weight excluding hydrogens is 380 g/mol. The third-order valence-electron chi connectivity index (χ3n) is 4.11. The van der Waals surface area contributed by atoms with Gasteiger partial charge in [0.2, 0.25) is 0 Å². The molecule has 2 aromatic heterocycles. The average Bonchev–Trinajstić information content (AvgIpc) is 3.03. The molecule has 0 aliphatic carbocycles. The van der Waals surface area contributed by atoms with E-state index in [9.17, 15) is 9.59 Å². The third-order valence-corrected chi connectivity index (χ3v) is 5.28. The predicted octanol–water partition coefficient (Wildman–Crippen LogP) is 3.66. The van der Waals surface area contributed by atoms with E-state index in [4.69, 9.17) is 14.2 Å². The normalized spacial score (nSPS) is 11.1. The summed E-state index contributed by atoms with van der Waals surface area (Å²) in [6, 6.07) is 5.54. The van der Waals surface area contributed by atoms with Crippen LogP contribution in [0.25, 0.3) is 22.4 Å². The standard InChI is InChI=1S/C20H20N2O5S/c1-5-27-13-8-6-12(10-14(13)25-3)7-9-15-21-18(23)16-11(2)17(20(24)26-4)28-19(16)22-15/h6-10H,5H2,1-4H3,(H,21,22,23)/b9-7+. The van der Waals surface area contributed by atoms with Crippen molar-refractivity contribution in [2.45, 2.75) is 13.8 Å². The first-order chi connectivity index (χ1) is 13.5. The van der Waals surface area contributed by atoms with E-state index in [1.54, 1.807) is 20.1 Å². The maximum atomic E-state index is 12.5. The lowest BCUT2D eigenvalue weighted by atomic mass is 10.2. The van der Waals surface area contributed by atoms with Gasteiger partial charge in [-0.15, -0.1) is 11.3 Å². The van der Waals surface area contributed by atoms with Crippen LogP contribution in [0.4, 0.5) is 0 Å². The number of ether oxygens (including phenoxy) is 3. The fourth-order valence-corrected chi connectivity index (χ4v) is 3.87. The zero-order valence-corrected chi connectivity index (χ0v) is 16.8. The number of carbonyl (C=O) groups excluding carboxylic acids is 1. The summed E-state index contributed by atoms with van der Waals surface area (Å²) in [6.45, 7) is 4.16. The second kappa shape index (κ2) is 8.26. The molecule has 28 heavy (non-hydrogen) atoms. The molecule has 7 nitrogen and oxygen atoms in total. The van der Waals surface area contributed by atoms with Crippen LogP contribution in [0.15, 0.2) is 23.0 Å². The molecule has 0 spiro atoms. The molecule has 2 heterocycles. The Hall–Kier alpha value is -3.13. The van der Waals surface area contributed by atoms with Gasteiger partial charge in [-0.25, -0.2) is 9.78 Å². The summed E-state index contributed by atoms with van der Waals surface area (Å²) >= 11 is 1.14. The molecule has 3 aromatic rings. The van der Waals surface area contributed by atoms with E-state index in [1.807, 2.05) is 31.2 Å². The average molecular weight is 400 g/mol. The topological polar surface area (TPSA) is 90.5 Å². The van der Waals surface area contributed by atoms with E-state index >= 15 is 0 Å². The number of nitrogens with zero attached hydrogens (tertiary/aromatic N) is 1. The zero-order chi connectivity index (χ0) is 20.3. The monoisotopic (exact) mass is 400 g/mol. The van der Waals surface area contributed by atoms with Crippen LogP contribution in [0.5, 0.6) is 11.5 Å². The third kappa shape index (κ3) is 3.77. The first kappa shape index (κ1) is 19.6. The first-order valence-corrected chi connectivity index (χ1v) is 9.40. The van der Waals surface area contributed by atoms with Gasteiger partial charge in [0.25, 0.3) is 5.56 Å². The molecule has 0 saturated heterocycles. The van der Waals surface area contributed by atoms with E-state index in [0.29, 0.717) is 44.6 Å². The molecule has 0 aliphatic rings. The number of H-pyrrole nitrogens is 1. The van der Waals surface area contributed by atoms with Crippen molar-refractivity contribution in [3.05, 3.63) is 50.4 Å². The minimum atomic E-state index is -0.474. The Morgan fingerprint density at radius 3 is 2.71 bits per heavy atom. The van der Waals surface area contributed by atoms with Gasteiger partial charge >= 0.3 is 5.97 Å². The molecule has 0 aliphatic heterocycles. The Morgan fingerprint density at radius 1 is 1.25 bits per heavy atom. The fourth-order valence-electron chi connectivity index (χ4n) is 2.76. The highest BCUT2D eigenvalue weighted by atomic mass is 32.1. The van der Waals surface area contributed by atoms with Gasteiger partial charge in [0.15, 0.2) is 11.5 Å². The number of fused-ring (bicyclic) bond motifs is 1. The van der Waals surface area contributed by atoms with Gasteiger partial charge in [-0.1, -0.05) is 12.1 Å². The minimum absolute atomic E-state index is 0.294. The molecule has 0 radical (unpaired) electrons. The second-order valence-corrected chi connectivity index (χ2v) is 6.85. The lowest BCUT2D eigenvalue weighted by molar-refractivity contribution is 0.0605. The maximum absolute atomic E-state index is 12.5. The fraction of sp³-hybridized carbons (Fsp3) is 0.250. The van der Waals surface area contributed by atoms with Crippen molar-refractivity contribution in [2.24, 2.45) is 0 Å². The number of thiophene rings is 1. The van der Waals surface area contributed by atoms with Gasteiger partial charge in [0.1, 0.15) is 15.5 Å². The van der Waals surface area contributed by atoms with Gasteiger partial charge in [-0.05, 0) is 43.2 Å². The minimum Gasteiger partial charge on any atom is -0.493 e. The summed E-state index contributed by atoms with van der Waals surface area (Å²) in [5.41, 5.74) is 1.14. The van der Waals surface area contributed by atoms with E-state index in [-0.39, 0.29) is 5.56 Å². The molecule has 146 valence electrons. The maximum Gasteiger partial charge on any atom is 0.348 e. The Bertz CT molecular complexity index is 1110. The number of rotatable bonds is 6. The number of benzene rings is 1. The number of hydrogen-bond acceptors (Lipinski definition) is 7. The molecule has 8 heteroatoms. The molecule has 0 amide bonds. The zero-order valence-electron chi connectivity index (χ0n) is 16.0. The number of esters is 1. The number of methoxy groups -OCH3 is 2. The predicted molar refractivity (Wildman–Crippen MR) is 109 cm³/mol. The van der Waals surface area contributed by atoms with Crippen molar-refractivity contribution in [3.8, 4) is 11.5 Å². The number of nitrogens with one attached hydrogen (secondary N) is 1. The van der Waals surface area contributed by atoms with Gasteiger partial charge in [0.05, 0.1) is 26.2 Å². The molecular formula is C20H20N2O5S. The molecule has 0 atom stereocenters. The van der Waals surface area contributed by atoms with Crippen LogP contribution in [0.2, 0.25) is 0 Å². The highest BCUT2D eigenvalue weighted by molar-refractivity contribution is 7.20. The van der Waals surface area contributed by atoms with Crippen LogP contribution in [0.1, 0.15) is 33.5 Å². The van der Waals surface area contributed by atoms with Crippen molar-refractivity contribution in [3.63, 3.8) is 0 Å². The summed E-state index contributed by atoms with van der Waals surface area (Å²) in [5.74, 6) is 1.21. The molecule has 1 N–H and O–H groups in total. The molecule has 3 rings (SSSR count). The van der Waals surface area contributed by atoms with Crippen LogP contribution >= 0.6 is 11.3 Å². The lowest BCUT2D eigenvalue weighted by Crippen LogP contribution is -2.09. The summed E-state index contributed by atoms with van der Waals surface area (Å²) in [7, 11) is 2.89. The summed E-state index contributed by atoms with van der Waals surface area (Å²) in [6.07, 6.45) is 3.51. The van der Waals surface area contributed by atoms with E-state index in [1.165, 1.54) is 7.11 Å². The quantitative estimate of drug-likeness (QED) is 0.635. The van der Waals surface area contributed by atoms with Crippen LogP contribution in [-0.4, -0.2) is 36.8 Å². The van der Waals surface area contributed by atoms with Gasteiger partial charge in [0, 0.05) is 0 Å². The number of aromatic amines is 1. The molecule has 1 aromatic carbocycles. The summed E-state index contributed by atoms with van der Waals surface area (Å²) < 4.78 is 15.6. The van der Waals surface area contributed by atoms with Crippen molar-refractivity contribution in [1.82, 2.24) is 9.97 Å². The molecule has 0 bridgehead atoms. The Labute approximate surface area is 165 Å². The van der Waals surface area contributed by atoms with Gasteiger partial charge < -0.3 is 19.2 Å². The Kier molecular flexibility index (Phi) is 5.79. The highest BCUT2D eigenvalue weighted by Crippen LogP contribution is 2.29. The first-order valence-electron chi connectivity index (χ1n) is 8.59. The van der Waals surface area contributed by atoms with E-state index < -0.39 is 5.97 Å². The van der Waals surface area contributed by atoms with Crippen LogP contribution in [0.3, 0.4) is 0 Å². The van der Waals surface area contributed by atoms with Crippen LogP contribution in [0, 0.1) is 6.92 Å². The molecule has 0 fully saturated rings. The largest absolute Gasteiger partial charge is 0.493 e.